The molecule has 1 aromatic rings. The summed E-state index contributed by atoms with van der Waals surface area (Å²) in [6.07, 6.45) is 0. The Kier molecular flexibility index (Phi) is 3.35. The highest BCUT2D eigenvalue weighted by Gasteiger charge is 2.08. The molecule has 0 aliphatic carbocycles. The molecule has 0 aliphatic rings. The second-order valence-electron chi connectivity index (χ2n) is 3.03. The number of rotatable bonds is 3. The van der Waals surface area contributed by atoms with Crippen molar-refractivity contribution in [3.8, 4) is 11.8 Å². The number of aryl methyl sites for hydroxylation is 1. The van der Waals surface area contributed by atoms with Crippen LogP contribution in [0.2, 0.25) is 0 Å². The summed E-state index contributed by atoms with van der Waals surface area (Å²) in [5.41, 5.74) is 2.44. The van der Waals surface area contributed by atoms with Crippen LogP contribution < -0.4 is 10.1 Å². The molecule has 0 atom stereocenters. The van der Waals surface area contributed by atoms with Crippen molar-refractivity contribution >= 4 is 5.69 Å². The van der Waals surface area contributed by atoms with Gasteiger partial charge in [-0.05, 0) is 31.5 Å². The molecule has 0 amide bonds. The minimum absolute atomic E-state index is 0.628. The van der Waals surface area contributed by atoms with Crippen molar-refractivity contribution in [1.29, 1.82) is 5.26 Å². The van der Waals surface area contributed by atoms with E-state index in [9.17, 15) is 0 Å². The van der Waals surface area contributed by atoms with Gasteiger partial charge in [0.15, 0.2) is 0 Å². The lowest BCUT2D eigenvalue weighted by Crippen LogP contribution is -2.02. The summed E-state index contributed by atoms with van der Waals surface area (Å²) in [5.74, 6) is 0.725. The van der Waals surface area contributed by atoms with Crippen LogP contribution in [0.25, 0.3) is 0 Å². The Bertz CT molecular complexity index is 366. The molecule has 0 unspecified atom stereocenters. The average molecular weight is 190 g/mol. The quantitative estimate of drug-likeness (QED) is 0.795. The molecule has 1 N–H and O–H groups in total. The van der Waals surface area contributed by atoms with E-state index in [1.54, 1.807) is 7.11 Å². The van der Waals surface area contributed by atoms with Crippen LogP contribution in [-0.4, -0.2) is 13.7 Å². The first-order valence-electron chi connectivity index (χ1n) is 4.55. The highest BCUT2D eigenvalue weighted by Crippen LogP contribution is 2.29. The lowest BCUT2D eigenvalue weighted by Gasteiger charge is -2.12. The summed E-state index contributed by atoms with van der Waals surface area (Å²) in [5, 5.41) is 12.1. The predicted molar refractivity (Wildman–Crippen MR) is 56.6 cm³/mol. The summed E-state index contributed by atoms with van der Waals surface area (Å²) in [7, 11) is 1.61. The van der Waals surface area contributed by atoms with E-state index in [0.717, 1.165) is 23.5 Å². The zero-order valence-electron chi connectivity index (χ0n) is 8.72. The fourth-order valence-electron chi connectivity index (χ4n) is 1.36. The number of benzene rings is 1. The van der Waals surface area contributed by atoms with E-state index >= 15 is 0 Å². The number of nitrogens with zero attached hydrogens (tertiary/aromatic N) is 1. The molecule has 0 aliphatic heterocycles. The lowest BCUT2D eigenvalue weighted by molar-refractivity contribution is 0.416. The van der Waals surface area contributed by atoms with Crippen LogP contribution in [0.5, 0.6) is 5.75 Å². The standard InChI is InChI=1S/C11H14N2O/c1-4-13-11-9(7-12)5-8(2)6-10(11)14-3/h5-6,13H,4H2,1-3H3. The molecule has 3 nitrogen and oxygen atoms in total. The van der Waals surface area contributed by atoms with Gasteiger partial charge >= 0.3 is 0 Å². The first kappa shape index (κ1) is 10.4. The topological polar surface area (TPSA) is 45.0 Å². The Hall–Kier alpha value is -1.69. The van der Waals surface area contributed by atoms with Gasteiger partial charge in [0, 0.05) is 6.54 Å². The van der Waals surface area contributed by atoms with Crippen LogP contribution in [0.15, 0.2) is 12.1 Å². The second kappa shape index (κ2) is 4.52. The molecule has 14 heavy (non-hydrogen) atoms. The summed E-state index contributed by atoms with van der Waals surface area (Å²) in [4.78, 5) is 0. The fourth-order valence-corrected chi connectivity index (χ4v) is 1.36. The number of methoxy groups -OCH3 is 1. The molecular weight excluding hydrogens is 176 g/mol. The third kappa shape index (κ3) is 1.97. The van der Waals surface area contributed by atoms with Crippen LogP contribution in [0, 0.1) is 18.3 Å². The average Bonchev–Trinajstić information content (AvgIpc) is 2.20. The summed E-state index contributed by atoms with van der Waals surface area (Å²) < 4.78 is 5.21. The van der Waals surface area contributed by atoms with Gasteiger partial charge in [-0.2, -0.15) is 5.26 Å². The number of anilines is 1. The van der Waals surface area contributed by atoms with Gasteiger partial charge in [-0.25, -0.2) is 0 Å². The summed E-state index contributed by atoms with van der Waals surface area (Å²) >= 11 is 0. The van der Waals surface area contributed by atoms with Gasteiger partial charge in [0.05, 0.1) is 18.4 Å². The van der Waals surface area contributed by atoms with Gasteiger partial charge in [0.1, 0.15) is 11.8 Å². The van der Waals surface area contributed by atoms with Crippen LogP contribution in [0.3, 0.4) is 0 Å². The minimum Gasteiger partial charge on any atom is -0.495 e. The molecule has 1 rings (SSSR count). The number of nitrogens with one attached hydrogen (secondary N) is 1. The van der Waals surface area contributed by atoms with Crippen molar-refractivity contribution in [3.63, 3.8) is 0 Å². The molecule has 0 spiro atoms. The van der Waals surface area contributed by atoms with Crippen molar-refractivity contribution in [3.05, 3.63) is 23.3 Å². The second-order valence-corrected chi connectivity index (χ2v) is 3.03. The molecule has 0 heterocycles. The summed E-state index contributed by atoms with van der Waals surface area (Å²) in [6.45, 7) is 4.70. The van der Waals surface area contributed by atoms with Crippen molar-refractivity contribution < 1.29 is 4.74 Å². The molecule has 3 heteroatoms. The van der Waals surface area contributed by atoms with Crippen LogP contribution in [0.4, 0.5) is 5.69 Å². The Morgan fingerprint density at radius 2 is 2.21 bits per heavy atom. The Balaban J connectivity index is 3.27. The first-order valence-corrected chi connectivity index (χ1v) is 4.55. The van der Waals surface area contributed by atoms with E-state index in [1.165, 1.54) is 0 Å². The molecule has 0 saturated carbocycles. The number of hydrogen-bond donors (Lipinski definition) is 1. The van der Waals surface area contributed by atoms with E-state index in [0.29, 0.717) is 5.56 Å². The highest BCUT2D eigenvalue weighted by atomic mass is 16.5. The highest BCUT2D eigenvalue weighted by molar-refractivity contribution is 5.67. The zero-order chi connectivity index (χ0) is 10.6. The maximum atomic E-state index is 8.94. The van der Waals surface area contributed by atoms with Crippen LogP contribution in [-0.2, 0) is 0 Å². The van der Waals surface area contributed by atoms with Gasteiger partial charge in [-0.3, -0.25) is 0 Å². The first-order chi connectivity index (χ1) is 6.72. The summed E-state index contributed by atoms with van der Waals surface area (Å²) in [6, 6.07) is 5.92. The van der Waals surface area contributed by atoms with Crippen molar-refractivity contribution in [2.24, 2.45) is 0 Å². The Labute approximate surface area is 84.3 Å². The van der Waals surface area contributed by atoms with Crippen molar-refractivity contribution in [2.75, 3.05) is 19.0 Å². The number of nitriles is 1. The predicted octanol–water partition coefficient (Wildman–Crippen LogP) is 2.31. The van der Waals surface area contributed by atoms with Gasteiger partial charge in [0.25, 0.3) is 0 Å². The van der Waals surface area contributed by atoms with E-state index < -0.39 is 0 Å². The molecule has 0 aromatic heterocycles. The largest absolute Gasteiger partial charge is 0.495 e. The smallest absolute Gasteiger partial charge is 0.143 e. The third-order valence-corrected chi connectivity index (χ3v) is 1.94. The zero-order valence-corrected chi connectivity index (χ0v) is 8.72. The number of hydrogen-bond acceptors (Lipinski definition) is 3. The Morgan fingerprint density at radius 3 is 2.71 bits per heavy atom. The molecule has 1 aromatic carbocycles. The van der Waals surface area contributed by atoms with E-state index in [1.807, 2.05) is 26.0 Å². The molecule has 0 fully saturated rings. The normalized spacial score (nSPS) is 9.29. The van der Waals surface area contributed by atoms with E-state index in [2.05, 4.69) is 11.4 Å². The Morgan fingerprint density at radius 1 is 1.50 bits per heavy atom. The molecule has 0 bridgehead atoms. The minimum atomic E-state index is 0.628. The molecule has 0 saturated heterocycles. The van der Waals surface area contributed by atoms with Gasteiger partial charge in [-0.1, -0.05) is 0 Å². The maximum Gasteiger partial charge on any atom is 0.143 e. The number of ether oxygens (including phenoxy) is 1. The van der Waals surface area contributed by atoms with E-state index in [-0.39, 0.29) is 0 Å². The third-order valence-electron chi connectivity index (χ3n) is 1.94. The van der Waals surface area contributed by atoms with Crippen molar-refractivity contribution in [2.45, 2.75) is 13.8 Å². The van der Waals surface area contributed by atoms with Gasteiger partial charge < -0.3 is 10.1 Å². The molecular formula is C11H14N2O. The van der Waals surface area contributed by atoms with Crippen LogP contribution >= 0.6 is 0 Å². The van der Waals surface area contributed by atoms with Gasteiger partial charge in [-0.15, -0.1) is 0 Å². The maximum absolute atomic E-state index is 8.94. The molecule has 74 valence electrons. The fraction of sp³-hybridized carbons (Fsp3) is 0.364. The molecule has 0 radical (unpaired) electrons. The van der Waals surface area contributed by atoms with Crippen LogP contribution in [0.1, 0.15) is 18.1 Å². The van der Waals surface area contributed by atoms with E-state index in [4.69, 9.17) is 10.00 Å². The monoisotopic (exact) mass is 190 g/mol. The SMILES string of the molecule is CCNc1c(C#N)cc(C)cc1OC. The van der Waals surface area contributed by atoms with Gasteiger partial charge in [0.2, 0.25) is 0 Å². The van der Waals surface area contributed by atoms with Crippen molar-refractivity contribution in [1.82, 2.24) is 0 Å². The lowest BCUT2D eigenvalue weighted by atomic mass is 10.1.